The summed E-state index contributed by atoms with van der Waals surface area (Å²) in [6.07, 6.45) is 0. The predicted octanol–water partition coefficient (Wildman–Crippen LogP) is 5.67. The molecule has 0 bridgehead atoms. The van der Waals surface area contributed by atoms with E-state index in [0.29, 0.717) is 13.2 Å². The lowest BCUT2D eigenvalue weighted by Gasteiger charge is -2.13. The number of benzene rings is 1. The van der Waals surface area contributed by atoms with Crippen LogP contribution in [0.5, 0.6) is 5.75 Å². The summed E-state index contributed by atoms with van der Waals surface area (Å²) >= 11 is 15.0. The van der Waals surface area contributed by atoms with Gasteiger partial charge in [0, 0.05) is 12.0 Å². The van der Waals surface area contributed by atoms with Gasteiger partial charge in [0.25, 0.3) is 0 Å². The maximum atomic E-state index is 6.17. The molecule has 0 amide bonds. The predicted molar refractivity (Wildman–Crippen MR) is 91.6 cm³/mol. The highest BCUT2D eigenvalue weighted by atomic mass is 79.9. The average Bonchev–Trinajstić information content (AvgIpc) is 2.86. The van der Waals surface area contributed by atoms with Crippen LogP contribution >= 0.6 is 54.8 Å². The summed E-state index contributed by atoms with van der Waals surface area (Å²) in [5, 5.41) is 2.77. The van der Waals surface area contributed by atoms with E-state index >= 15 is 0 Å². The molecule has 0 spiro atoms. The van der Waals surface area contributed by atoms with Crippen LogP contribution in [0.15, 0.2) is 34.1 Å². The molecule has 6 heteroatoms. The maximum absolute atomic E-state index is 6.17. The van der Waals surface area contributed by atoms with E-state index in [0.717, 1.165) is 25.7 Å². The number of thiophene rings is 1. The molecule has 0 aliphatic carbocycles. The smallest absolute Gasteiger partial charge is 0.133 e. The average molecular weight is 441 g/mol. The van der Waals surface area contributed by atoms with Crippen LogP contribution < -0.4 is 4.74 Å². The first-order valence-electron chi connectivity index (χ1n) is 5.91. The summed E-state index contributed by atoms with van der Waals surface area (Å²) < 4.78 is 11.5. The Morgan fingerprint density at radius 2 is 2.10 bits per heavy atom. The summed E-state index contributed by atoms with van der Waals surface area (Å²) in [6, 6.07) is 7.93. The molecule has 20 heavy (non-hydrogen) atoms. The number of hydrogen-bond donors (Lipinski definition) is 0. The van der Waals surface area contributed by atoms with Crippen molar-refractivity contribution in [3.05, 3.63) is 49.6 Å². The van der Waals surface area contributed by atoms with Crippen molar-refractivity contribution < 1.29 is 9.47 Å². The second-order valence-electron chi connectivity index (χ2n) is 4.03. The summed E-state index contributed by atoms with van der Waals surface area (Å²) in [5.74, 6) is 0.808. The van der Waals surface area contributed by atoms with Gasteiger partial charge in [-0.05, 0) is 45.1 Å². The molecule has 0 aliphatic rings. The van der Waals surface area contributed by atoms with Crippen LogP contribution in [0.3, 0.4) is 0 Å². The Hall–Kier alpha value is -0.0700. The molecule has 0 radical (unpaired) electrons. The SMILES string of the molecule is COCCOc1ccc(C(Br)c2sccc2Cl)cc1Br. The summed E-state index contributed by atoms with van der Waals surface area (Å²) in [4.78, 5) is 1.19. The monoisotopic (exact) mass is 438 g/mol. The first kappa shape index (κ1) is 16.3. The van der Waals surface area contributed by atoms with E-state index in [1.54, 1.807) is 18.4 Å². The molecule has 0 saturated heterocycles. The van der Waals surface area contributed by atoms with Crippen molar-refractivity contribution in [2.75, 3.05) is 20.3 Å². The zero-order valence-corrected chi connectivity index (χ0v) is 15.5. The molecule has 0 fully saturated rings. The molecular weight excluding hydrogens is 427 g/mol. The zero-order chi connectivity index (χ0) is 14.5. The second kappa shape index (κ2) is 7.80. The Morgan fingerprint density at radius 3 is 2.70 bits per heavy atom. The van der Waals surface area contributed by atoms with Gasteiger partial charge in [0.05, 0.1) is 20.9 Å². The number of alkyl halides is 1. The van der Waals surface area contributed by atoms with Crippen LogP contribution in [0.2, 0.25) is 5.02 Å². The van der Waals surface area contributed by atoms with Crippen LogP contribution in [0.4, 0.5) is 0 Å². The molecule has 1 unspecified atom stereocenters. The van der Waals surface area contributed by atoms with E-state index in [4.69, 9.17) is 21.1 Å². The minimum Gasteiger partial charge on any atom is -0.490 e. The van der Waals surface area contributed by atoms with Gasteiger partial charge in [-0.1, -0.05) is 33.6 Å². The lowest BCUT2D eigenvalue weighted by atomic mass is 10.1. The normalized spacial score (nSPS) is 12.4. The van der Waals surface area contributed by atoms with Gasteiger partial charge in [-0.25, -0.2) is 0 Å². The molecule has 1 aromatic heterocycles. The van der Waals surface area contributed by atoms with E-state index in [-0.39, 0.29) is 4.83 Å². The molecule has 0 aliphatic heterocycles. The minimum absolute atomic E-state index is 0.0827. The minimum atomic E-state index is 0.0827. The van der Waals surface area contributed by atoms with Crippen LogP contribution in [-0.4, -0.2) is 20.3 Å². The van der Waals surface area contributed by atoms with E-state index in [1.165, 1.54) is 0 Å². The maximum Gasteiger partial charge on any atom is 0.133 e. The summed E-state index contributed by atoms with van der Waals surface area (Å²) in [5.41, 5.74) is 1.13. The number of rotatable bonds is 6. The van der Waals surface area contributed by atoms with Gasteiger partial charge >= 0.3 is 0 Å². The molecule has 1 atom stereocenters. The number of hydrogen-bond acceptors (Lipinski definition) is 3. The third-order valence-corrected chi connectivity index (χ3v) is 6.00. The van der Waals surface area contributed by atoms with Crippen LogP contribution in [0, 0.1) is 0 Å². The largest absolute Gasteiger partial charge is 0.490 e. The van der Waals surface area contributed by atoms with Crippen molar-refractivity contribution in [1.29, 1.82) is 0 Å². The summed E-state index contributed by atoms with van der Waals surface area (Å²) in [7, 11) is 1.65. The van der Waals surface area contributed by atoms with E-state index in [9.17, 15) is 0 Å². The highest BCUT2D eigenvalue weighted by molar-refractivity contribution is 9.10. The van der Waals surface area contributed by atoms with Crippen LogP contribution in [-0.2, 0) is 4.74 Å². The fourth-order valence-electron chi connectivity index (χ4n) is 1.66. The van der Waals surface area contributed by atoms with Crippen molar-refractivity contribution >= 4 is 54.8 Å². The molecule has 2 aromatic rings. The van der Waals surface area contributed by atoms with E-state index in [1.807, 2.05) is 29.6 Å². The molecule has 1 aromatic carbocycles. The zero-order valence-electron chi connectivity index (χ0n) is 10.7. The van der Waals surface area contributed by atoms with Gasteiger partial charge < -0.3 is 9.47 Å². The Labute approximate surface area is 144 Å². The van der Waals surface area contributed by atoms with E-state index < -0.39 is 0 Å². The molecule has 1 heterocycles. The van der Waals surface area contributed by atoms with E-state index in [2.05, 4.69) is 31.9 Å². The number of methoxy groups -OCH3 is 1. The number of ether oxygens (including phenoxy) is 2. The van der Waals surface area contributed by atoms with Crippen molar-refractivity contribution in [2.45, 2.75) is 4.83 Å². The van der Waals surface area contributed by atoms with Crippen molar-refractivity contribution in [3.8, 4) is 5.75 Å². The first-order valence-corrected chi connectivity index (χ1v) is 8.88. The van der Waals surface area contributed by atoms with Crippen molar-refractivity contribution in [3.63, 3.8) is 0 Å². The van der Waals surface area contributed by atoms with Gasteiger partial charge in [-0.15, -0.1) is 11.3 Å². The number of halogens is 3. The van der Waals surface area contributed by atoms with Gasteiger partial charge in [-0.3, -0.25) is 0 Å². The fraction of sp³-hybridized carbons (Fsp3) is 0.286. The fourth-order valence-corrected chi connectivity index (χ4v) is 4.33. The topological polar surface area (TPSA) is 18.5 Å². The first-order chi connectivity index (χ1) is 9.63. The lowest BCUT2D eigenvalue weighted by molar-refractivity contribution is 0.146. The van der Waals surface area contributed by atoms with Crippen LogP contribution in [0.25, 0.3) is 0 Å². The third kappa shape index (κ3) is 3.98. The standard InChI is InChI=1S/C14H13Br2ClO2S/c1-18-5-6-19-12-3-2-9(8-10(12)15)13(16)14-11(17)4-7-20-14/h2-4,7-8,13H,5-6H2,1H3. The van der Waals surface area contributed by atoms with Gasteiger partial charge in [0.2, 0.25) is 0 Å². The molecule has 2 nitrogen and oxygen atoms in total. The molecule has 0 saturated carbocycles. The Kier molecular flexibility index (Phi) is 6.36. The van der Waals surface area contributed by atoms with Gasteiger partial charge in [0.1, 0.15) is 12.4 Å². The van der Waals surface area contributed by atoms with Crippen molar-refractivity contribution in [1.82, 2.24) is 0 Å². The van der Waals surface area contributed by atoms with Gasteiger partial charge in [-0.2, -0.15) is 0 Å². The van der Waals surface area contributed by atoms with Gasteiger partial charge in [0.15, 0.2) is 0 Å². The Balaban J connectivity index is 2.14. The summed E-state index contributed by atoms with van der Waals surface area (Å²) in [6.45, 7) is 1.10. The molecule has 0 N–H and O–H groups in total. The highest BCUT2D eigenvalue weighted by Crippen LogP contribution is 2.40. The highest BCUT2D eigenvalue weighted by Gasteiger charge is 2.16. The molecular formula is C14H13Br2ClO2S. The van der Waals surface area contributed by atoms with Crippen LogP contribution in [0.1, 0.15) is 15.3 Å². The Bertz CT molecular complexity index is 574. The molecule has 2 rings (SSSR count). The van der Waals surface area contributed by atoms with Crippen molar-refractivity contribution in [2.24, 2.45) is 0 Å². The molecule has 108 valence electrons. The Morgan fingerprint density at radius 1 is 1.30 bits per heavy atom. The third-order valence-electron chi connectivity index (χ3n) is 2.67. The quantitative estimate of drug-likeness (QED) is 0.425. The lowest BCUT2D eigenvalue weighted by Crippen LogP contribution is -2.04. The second-order valence-corrected chi connectivity index (χ2v) is 7.15.